The maximum absolute atomic E-state index is 13.4. The number of hydrogen-bond donors (Lipinski definition) is 1. The minimum atomic E-state index is -0.962. The van der Waals surface area contributed by atoms with Crippen LogP contribution in [-0.2, 0) is 67.5 Å². The van der Waals surface area contributed by atoms with E-state index in [0.29, 0.717) is 44.8 Å². The van der Waals surface area contributed by atoms with Crippen LogP contribution >= 0.6 is 0 Å². The van der Waals surface area contributed by atoms with E-state index in [1.54, 1.807) is 0 Å². The second kappa shape index (κ2) is 14.8. The third-order valence-corrected chi connectivity index (χ3v) is 11.2. The first-order valence-corrected chi connectivity index (χ1v) is 19.1. The summed E-state index contributed by atoms with van der Waals surface area (Å²) in [6.45, 7) is 2.70. The number of nitrogens with zero attached hydrogens (tertiary/aromatic N) is 10. The third kappa shape index (κ3) is 6.83. The van der Waals surface area contributed by atoms with Crippen LogP contribution in [0.4, 0.5) is 0 Å². The molecule has 12 heteroatoms. The molecule has 0 radical (unpaired) electrons. The van der Waals surface area contributed by atoms with Crippen molar-refractivity contribution < 1.29 is 9.90 Å². The molecular weight excluding hydrogens is 713 g/mol. The van der Waals surface area contributed by atoms with E-state index in [0.717, 1.165) is 78.6 Å². The van der Waals surface area contributed by atoms with E-state index in [-0.39, 0.29) is 0 Å². The number of carboxylic acids is 1. The zero-order valence-corrected chi connectivity index (χ0v) is 32.5. The maximum Gasteiger partial charge on any atom is 0.336 e. The van der Waals surface area contributed by atoms with Crippen molar-refractivity contribution in [2.24, 2.45) is 28.2 Å². The monoisotopic (exact) mass is 756 g/mol. The lowest BCUT2D eigenvalue weighted by Gasteiger charge is -2.26. The van der Waals surface area contributed by atoms with Gasteiger partial charge in [0.2, 0.25) is 0 Å². The van der Waals surface area contributed by atoms with Crippen LogP contribution in [-0.4, -0.2) is 59.1 Å². The summed E-state index contributed by atoms with van der Waals surface area (Å²) in [5.41, 5.74) is 9.63. The molecule has 57 heavy (non-hydrogen) atoms. The third-order valence-electron chi connectivity index (χ3n) is 11.2. The molecule has 0 aliphatic heterocycles. The minimum Gasteiger partial charge on any atom is -0.478 e. The van der Waals surface area contributed by atoms with Crippen LogP contribution in [0.5, 0.6) is 0 Å². The van der Waals surface area contributed by atoms with Crippen molar-refractivity contribution >= 4 is 50.1 Å². The van der Waals surface area contributed by atoms with Gasteiger partial charge in [-0.1, -0.05) is 66.7 Å². The van der Waals surface area contributed by atoms with Gasteiger partial charge in [0, 0.05) is 41.3 Å². The molecule has 4 aromatic heterocycles. The Balaban J connectivity index is 1.09. The molecule has 0 spiro atoms. The van der Waals surface area contributed by atoms with E-state index in [1.807, 2.05) is 119 Å². The Bertz CT molecular complexity index is 2580. The maximum atomic E-state index is 13.4. The van der Waals surface area contributed by atoms with Gasteiger partial charge in [-0.15, -0.1) is 0 Å². The highest BCUT2D eigenvalue weighted by Crippen LogP contribution is 2.26. The van der Waals surface area contributed by atoms with Gasteiger partial charge in [0.1, 0.15) is 23.3 Å². The lowest BCUT2D eigenvalue weighted by molar-refractivity contribution is 0.0691. The fraction of sp³-hybridized carbons (Fsp3) is 0.222. The van der Waals surface area contributed by atoms with Gasteiger partial charge in [0.15, 0.2) is 0 Å². The topological polar surface area (TPSA) is 115 Å². The Hall–Kier alpha value is -6.63. The van der Waals surface area contributed by atoms with Gasteiger partial charge in [-0.3, -0.25) is 9.80 Å². The van der Waals surface area contributed by atoms with Gasteiger partial charge in [0.05, 0.1) is 75.9 Å². The fourth-order valence-electron chi connectivity index (χ4n) is 8.16. The molecule has 0 fully saturated rings. The summed E-state index contributed by atoms with van der Waals surface area (Å²) >= 11 is 0. The zero-order chi connectivity index (χ0) is 39.2. The predicted molar refractivity (Wildman–Crippen MR) is 222 cm³/mol. The van der Waals surface area contributed by atoms with E-state index in [2.05, 4.69) is 52.3 Å². The van der Waals surface area contributed by atoms with E-state index in [9.17, 15) is 9.90 Å². The van der Waals surface area contributed by atoms with Crippen molar-refractivity contribution in [2.75, 3.05) is 0 Å². The summed E-state index contributed by atoms with van der Waals surface area (Å²) in [4.78, 5) is 37.9. The Morgan fingerprint density at radius 3 is 0.982 bits per heavy atom. The number of imidazole rings is 4. The van der Waals surface area contributed by atoms with Crippen molar-refractivity contribution in [3.05, 3.63) is 155 Å². The molecule has 1 N–H and O–H groups in total. The van der Waals surface area contributed by atoms with Crippen molar-refractivity contribution in [1.29, 1.82) is 0 Å². The Kier molecular flexibility index (Phi) is 9.35. The van der Waals surface area contributed by atoms with E-state index in [4.69, 9.17) is 19.9 Å². The second-order valence-corrected chi connectivity index (χ2v) is 14.8. The summed E-state index contributed by atoms with van der Waals surface area (Å²) in [5.74, 6) is 2.59. The van der Waals surface area contributed by atoms with Crippen molar-refractivity contribution in [2.45, 2.75) is 39.3 Å². The lowest BCUT2D eigenvalue weighted by Crippen LogP contribution is -2.28. The van der Waals surface area contributed by atoms with Crippen molar-refractivity contribution in [1.82, 2.24) is 48.0 Å². The van der Waals surface area contributed by atoms with Gasteiger partial charge < -0.3 is 23.4 Å². The molecule has 0 atom stereocenters. The molecule has 5 aromatic carbocycles. The Morgan fingerprint density at radius 2 is 0.719 bits per heavy atom. The number of carboxylic acid groups (broad SMARTS) is 1. The minimum absolute atomic E-state index is 0.303. The molecule has 4 heterocycles. The molecule has 0 unspecified atom stereocenters. The van der Waals surface area contributed by atoms with Gasteiger partial charge >= 0.3 is 5.97 Å². The first-order chi connectivity index (χ1) is 27.7. The van der Waals surface area contributed by atoms with Gasteiger partial charge in [0.25, 0.3) is 0 Å². The quantitative estimate of drug-likeness (QED) is 0.130. The highest BCUT2D eigenvalue weighted by Gasteiger charge is 2.24. The van der Waals surface area contributed by atoms with Gasteiger partial charge in [-0.2, -0.15) is 0 Å². The molecule has 0 amide bonds. The number of aryl methyl sites for hydroxylation is 4. The SMILES string of the molecule is Cn1c(CN(Cc2cccc(CN(Cc3nc4ccccc4n3C)Cc3nc4ccccc4n3C)c2C(=O)O)Cc2nc3ccccc3n2C)nc2ccccc21. The summed E-state index contributed by atoms with van der Waals surface area (Å²) in [6, 6.07) is 38.3. The van der Waals surface area contributed by atoms with E-state index < -0.39 is 5.97 Å². The summed E-state index contributed by atoms with van der Waals surface area (Å²) < 4.78 is 8.47. The van der Waals surface area contributed by atoms with Crippen LogP contribution < -0.4 is 0 Å². The Labute approximate surface area is 329 Å². The Morgan fingerprint density at radius 1 is 0.439 bits per heavy atom. The summed E-state index contributed by atoms with van der Waals surface area (Å²) in [6.07, 6.45) is 0. The summed E-state index contributed by atoms with van der Waals surface area (Å²) in [7, 11) is 8.13. The van der Waals surface area contributed by atoms with E-state index in [1.165, 1.54) is 0 Å². The number of carbonyl (C=O) groups is 1. The van der Waals surface area contributed by atoms with Crippen LogP contribution in [0.25, 0.3) is 44.1 Å². The van der Waals surface area contributed by atoms with Crippen LogP contribution in [0.15, 0.2) is 115 Å². The number of hydrogen-bond acceptors (Lipinski definition) is 7. The molecule has 9 aromatic rings. The summed E-state index contributed by atoms with van der Waals surface area (Å²) in [5, 5.41) is 11.0. The normalized spacial score (nSPS) is 12.0. The van der Waals surface area contributed by atoms with Gasteiger partial charge in [-0.25, -0.2) is 24.7 Å². The first-order valence-electron chi connectivity index (χ1n) is 19.1. The average Bonchev–Trinajstić information content (AvgIpc) is 3.92. The molecule has 0 saturated carbocycles. The molecule has 12 nitrogen and oxygen atoms in total. The number of fused-ring (bicyclic) bond motifs is 4. The predicted octanol–water partition coefficient (Wildman–Crippen LogP) is 7.34. The highest BCUT2D eigenvalue weighted by atomic mass is 16.4. The lowest BCUT2D eigenvalue weighted by atomic mass is 9.99. The number of para-hydroxylation sites is 8. The van der Waals surface area contributed by atoms with Gasteiger partial charge in [-0.05, 0) is 59.7 Å². The van der Waals surface area contributed by atoms with Crippen LogP contribution in [0, 0.1) is 0 Å². The number of aromatic carboxylic acids is 1. The average molecular weight is 757 g/mol. The fourth-order valence-corrected chi connectivity index (χ4v) is 8.16. The number of benzene rings is 5. The smallest absolute Gasteiger partial charge is 0.336 e. The first kappa shape index (κ1) is 36.0. The molecule has 286 valence electrons. The molecule has 0 bridgehead atoms. The standard InChI is InChI=1S/C45H44N10O2/c1-50-36-20-9-5-16-32(36)46-40(50)26-54(27-41-47-33-17-6-10-21-37(33)51(41)2)24-30-14-13-15-31(44(30)45(56)57)25-55(28-42-48-34-18-7-11-22-38(34)52(42)3)29-43-49-35-19-8-12-23-39(35)53(43)4/h5-23H,24-29H2,1-4H3,(H,56,57). The molecule has 0 saturated heterocycles. The molecule has 0 aliphatic carbocycles. The zero-order valence-electron chi connectivity index (χ0n) is 32.5. The highest BCUT2D eigenvalue weighted by molar-refractivity contribution is 5.91. The van der Waals surface area contributed by atoms with Crippen LogP contribution in [0.1, 0.15) is 44.8 Å². The van der Waals surface area contributed by atoms with Crippen molar-refractivity contribution in [3.8, 4) is 0 Å². The number of rotatable bonds is 13. The van der Waals surface area contributed by atoms with E-state index >= 15 is 0 Å². The molecule has 9 rings (SSSR count). The van der Waals surface area contributed by atoms with Crippen molar-refractivity contribution in [3.63, 3.8) is 0 Å². The number of aromatic nitrogens is 8. The molecule has 0 aliphatic rings. The second-order valence-electron chi connectivity index (χ2n) is 14.8. The molecular formula is C45H44N10O2. The largest absolute Gasteiger partial charge is 0.478 e. The van der Waals surface area contributed by atoms with Crippen LogP contribution in [0.3, 0.4) is 0 Å². The van der Waals surface area contributed by atoms with Crippen LogP contribution in [0.2, 0.25) is 0 Å².